The summed E-state index contributed by atoms with van der Waals surface area (Å²) in [6.45, 7) is 4.45. The second-order valence-electron chi connectivity index (χ2n) is 8.90. The van der Waals surface area contributed by atoms with E-state index >= 15 is 0 Å². The first-order valence-corrected chi connectivity index (χ1v) is 11.3. The molecule has 4 aromatic rings. The molecule has 4 aromatic carbocycles. The maximum Gasteiger partial charge on any atom is 0.195 e. The van der Waals surface area contributed by atoms with Gasteiger partial charge < -0.3 is 10.2 Å². The topological polar surface area (TPSA) is 24.5 Å². The molecule has 0 amide bonds. The molecule has 3 nitrogen and oxygen atoms in total. The molecule has 0 unspecified atom stereocenters. The number of ether oxygens (including phenoxy) is 1. The van der Waals surface area contributed by atoms with Crippen molar-refractivity contribution in [2.45, 2.75) is 32.0 Å². The molecule has 158 valence electrons. The normalized spacial score (nSPS) is 19.8. The number of hydrogen-bond acceptors (Lipinski definition) is 3. The molecule has 6 rings (SSSR count). The first kappa shape index (κ1) is 19.1. The molecule has 2 aliphatic heterocycles. The van der Waals surface area contributed by atoms with E-state index in [1.165, 1.54) is 27.5 Å². The lowest BCUT2D eigenvalue weighted by atomic mass is 9.98. The minimum absolute atomic E-state index is 0.101. The van der Waals surface area contributed by atoms with E-state index in [2.05, 4.69) is 115 Å². The van der Waals surface area contributed by atoms with Crippen LogP contribution in [-0.2, 0) is 0 Å². The fourth-order valence-corrected chi connectivity index (χ4v) is 4.82. The summed E-state index contributed by atoms with van der Waals surface area (Å²) in [5, 5.41) is 4.74. The number of benzene rings is 4. The monoisotopic (exact) mass is 418 g/mol. The second-order valence-corrected chi connectivity index (χ2v) is 8.90. The number of hydrazine groups is 1. The van der Waals surface area contributed by atoms with Crippen molar-refractivity contribution < 1.29 is 4.74 Å². The lowest BCUT2D eigenvalue weighted by molar-refractivity contribution is -0.0326. The Morgan fingerprint density at radius 2 is 1.56 bits per heavy atom. The quantitative estimate of drug-likeness (QED) is 0.389. The van der Waals surface area contributed by atoms with Crippen LogP contribution in [0.5, 0.6) is 5.75 Å². The lowest BCUT2D eigenvalue weighted by Gasteiger charge is -2.39. The zero-order chi connectivity index (χ0) is 21.7. The molecule has 0 aromatic heterocycles. The highest BCUT2D eigenvalue weighted by molar-refractivity contribution is 5.93. The summed E-state index contributed by atoms with van der Waals surface area (Å²) in [6.07, 6.45) is 2.12. The predicted octanol–water partition coefficient (Wildman–Crippen LogP) is 6.96. The van der Waals surface area contributed by atoms with Gasteiger partial charge in [0, 0.05) is 16.7 Å². The Kier molecular flexibility index (Phi) is 4.51. The van der Waals surface area contributed by atoms with Crippen LogP contribution in [0, 0.1) is 0 Å². The molecule has 0 saturated heterocycles. The van der Waals surface area contributed by atoms with Crippen molar-refractivity contribution in [3.63, 3.8) is 0 Å². The first-order chi connectivity index (χ1) is 15.7. The van der Waals surface area contributed by atoms with Gasteiger partial charge in [0.15, 0.2) is 6.23 Å². The van der Waals surface area contributed by atoms with E-state index in [1.54, 1.807) is 0 Å². The van der Waals surface area contributed by atoms with Crippen molar-refractivity contribution in [2.24, 2.45) is 0 Å². The van der Waals surface area contributed by atoms with Gasteiger partial charge >= 0.3 is 0 Å². The Morgan fingerprint density at radius 1 is 0.812 bits per heavy atom. The Balaban J connectivity index is 1.44. The number of para-hydroxylation sites is 1. The molecule has 3 heteroatoms. The van der Waals surface area contributed by atoms with Crippen molar-refractivity contribution in [3.05, 3.63) is 119 Å². The molecule has 0 bridgehead atoms. The van der Waals surface area contributed by atoms with Crippen molar-refractivity contribution in [1.29, 1.82) is 0 Å². The number of rotatable bonds is 3. The molecule has 0 radical (unpaired) electrons. The van der Waals surface area contributed by atoms with Gasteiger partial charge in [0.1, 0.15) is 5.75 Å². The van der Waals surface area contributed by atoms with E-state index in [4.69, 9.17) is 4.74 Å². The highest BCUT2D eigenvalue weighted by Gasteiger charge is 2.40. The van der Waals surface area contributed by atoms with Crippen LogP contribution in [0.2, 0.25) is 0 Å². The predicted molar refractivity (Wildman–Crippen MR) is 130 cm³/mol. The summed E-state index contributed by atoms with van der Waals surface area (Å²) < 4.78 is 6.53. The van der Waals surface area contributed by atoms with Crippen LogP contribution in [0.25, 0.3) is 16.5 Å². The van der Waals surface area contributed by atoms with Gasteiger partial charge in [-0.3, -0.25) is 0 Å². The van der Waals surface area contributed by atoms with Gasteiger partial charge in [0.05, 0.1) is 11.7 Å². The van der Waals surface area contributed by atoms with Crippen LogP contribution in [0.1, 0.15) is 54.3 Å². The Hall–Kier alpha value is -3.56. The summed E-state index contributed by atoms with van der Waals surface area (Å²) in [4.78, 5) is 0. The first-order valence-electron chi connectivity index (χ1n) is 11.3. The van der Waals surface area contributed by atoms with Crippen molar-refractivity contribution in [3.8, 4) is 5.75 Å². The summed E-state index contributed by atoms with van der Waals surface area (Å²) in [7, 11) is 0. The Bertz CT molecular complexity index is 1320. The summed E-state index contributed by atoms with van der Waals surface area (Å²) >= 11 is 0. The second kappa shape index (κ2) is 7.54. The third-order valence-electron chi connectivity index (χ3n) is 6.57. The minimum atomic E-state index is -0.208. The van der Waals surface area contributed by atoms with Crippen molar-refractivity contribution >= 4 is 16.5 Å². The zero-order valence-corrected chi connectivity index (χ0v) is 18.3. The van der Waals surface area contributed by atoms with E-state index < -0.39 is 0 Å². The maximum absolute atomic E-state index is 6.53. The Morgan fingerprint density at radius 3 is 2.41 bits per heavy atom. The molecule has 0 saturated carbocycles. The minimum Gasteiger partial charge on any atom is -0.469 e. The molecular formula is C29H26N2O. The molecule has 2 aliphatic rings. The molecule has 0 aliphatic carbocycles. The average Bonchev–Trinajstić information content (AvgIpc) is 3.29. The van der Waals surface area contributed by atoms with Crippen LogP contribution >= 0.6 is 0 Å². The average molecular weight is 419 g/mol. The number of hydrogen-bond donors (Lipinski definition) is 1. The van der Waals surface area contributed by atoms with Gasteiger partial charge in [-0.2, -0.15) is 5.01 Å². The van der Waals surface area contributed by atoms with E-state index in [1.807, 2.05) is 6.07 Å². The molecule has 0 fully saturated rings. The largest absolute Gasteiger partial charge is 0.469 e. The van der Waals surface area contributed by atoms with Crippen LogP contribution in [0.15, 0.2) is 97.1 Å². The fraction of sp³-hybridized carbons (Fsp3) is 0.172. The van der Waals surface area contributed by atoms with Crippen LogP contribution in [0.3, 0.4) is 0 Å². The van der Waals surface area contributed by atoms with Crippen molar-refractivity contribution in [2.75, 3.05) is 0 Å². The van der Waals surface area contributed by atoms with Gasteiger partial charge in [0.25, 0.3) is 0 Å². The fourth-order valence-electron chi connectivity index (χ4n) is 4.82. The standard InChI is InChI=1S/C29H26N2O/c1-19(2)20-14-16-22(17-15-20)29-31-27(25-11-5-6-13-28(25)32-29)18-26(30-31)24-12-7-9-21-8-3-4-10-23(21)24/h3-19,27,29-30H,1-2H3/t27-,29+/m0/s1. The third kappa shape index (κ3) is 3.09. The van der Waals surface area contributed by atoms with Crippen LogP contribution in [-0.4, -0.2) is 5.01 Å². The van der Waals surface area contributed by atoms with E-state index in [0.717, 1.165) is 17.0 Å². The van der Waals surface area contributed by atoms with Gasteiger partial charge in [-0.15, -0.1) is 0 Å². The Labute approximate surface area is 188 Å². The third-order valence-corrected chi connectivity index (χ3v) is 6.57. The number of nitrogens with zero attached hydrogens (tertiary/aromatic N) is 1. The van der Waals surface area contributed by atoms with E-state index in [9.17, 15) is 0 Å². The van der Waals surface area contributed by atoms with Gasteiger partial charge in [-0.1, -0.05) is 98.8 Å². The van der Waals surface area contributed by atoms with Crippen LogP contribution < -0.4 is 10.2 Å². The van der Waals surface area contributed by atoms with Crippen molar-refractivity contribution in [1.82, 2.24) is 10.4 Å². The summed E-state index contributed by atoms with van der Waals surface area (Å²) in [5.41, 5.74) is 9.70. The molecule has 2 heterocycles. The highest BCUT2D eigenvalue weighted by atomic mass is 16.5. The van der Waals surface area contributed by atoms with Gasteiger partial charge in [-0.05, 0) is 34.4 Å². The zero-order valence-electron chi connectivity index (χ0n) is 18.3. The SMILES string of the molecule is CC(C)c1ccc([C@H]2Oc3ccccc3[C@@H]3C=C(c4cccc5ccccc45)NN23)cc1. The molecule has 32 heavy (non-hydrogen) atoms. The van der Waals surface area contributed by atoms with Gasteiger partial charge in [-0.25, -0.2) is 0 Å². The van der Waals surface area contributed by atoms with Gasteiger partial charge in [0.2, 0.25) is 0 Å². The number of fused-ring (bicyclic) bond motifs is 4. The van der Waals surface area contributed by atoms with Crippen LogP contribution in [0.4, 0.5) is 0 Å². The lowest BCUT2D eigenvalue weighted by Crippen LogP contribution is -2.43. The van der Waals surface area contributed by atoms with E-state index in [0.29, 0.717) is 5.92 Å². The highest BCUT2D eigenvalue weighted by Crippen LogP contribution is 2.46. The van der Waals surface area contributed by atoms with E-state index in [-0.39, 0.29) is 12.3 Å². The molecular weight excluding hydrogens is 392 g/mol. The smallest absolute Gasteiger partial charge is 0.195 e. The molecule has 1 N–H and O–H groups in total. The number of nitrogens with one attached hydrogen (secondary N) is 1. The molecule has 0 spiro atoms. The summed E-state index contributed by atoms with van der Waals surface area (Å²) in [5.74, 6) is 1.46. The maximum atomic E-state index is 6.53. The molecule has 2 atom stereocenters. The summed E-state index contributed by atoms with van der Waals surface area (Å²) in [6, 6.07) is 32.3.